The molecule has 1 saturated heterocycles. The number of rotatable bonds is 4. The molecule has 2 aromatic heterocycles. The maximum atomic E-state index is 13.9. The normalized spacial score (nSPS) is 15.0. The van der Waals surface area contributed by atoms with Gasteiger partial charge in [-0.2, -0.15) is 0 Å². The third-order valence-corrected chi connectivity index (χ3v) is 5.79. The maximum Gasteiger partial charge on any atom is 0.272 e. The monoisotopic (exact) mass is 375 g/mol. The number of nitrogens with one attached hydrogen (secondary N) is 2. The summed E-state index contributed by atoms with van der Waals surface area (Å²) in [5.74, 6) is -1.87. The summed E-state index contributed by atoms with van der Waals surface area (Å²) in [6.45, 7) is 4.76. The van der Waals surface area contributed by atoms with E-state index in [-0.39, 0.29) is 5.69 Å². The van der Waals surface area contributed by atoms with Crippen LogP contribution in [0.5, 0.6) is 0 Å². The molecule has 7 heteroatoms. The quantitative estimate of drug-likeness (QED) is 0.696. The van der Waals surface area contributed by atoms with Crippen LogP contribution in [0.2, 0.25) is 0 Å². The van der Waals surface area contributed by atoms with Crippen LogP contribution in [0.1, 0.15) is 33.8 Å². The molecule has 2 N–H and O–H groups in total. The molecule has 0 bridgehead atoms. The fraction of sp³-hybridized carbons (Fsp3) is 0.316. The number of H-pyrrole nitrogens is 1. The first-order valence-electron chi connectivity index (χ1n) is 8.61. The number of hydrogen-bond acceptors (Lipinski definition) is 3. The topological polar surface area (TPSA) is 48.1 Å². The lowest BCUT2D eigenvalue weighted by Gasteiger charge is -2.15. The molecule has 1 fully saturated rings. The molecule has 4 rings (SSSR count). The number of likely N-dealkylation sites (tertiary alicyclic amines) is 1. The molecule has 136 valence electrons. The van der Waals surface area contributed by atoms with Gasteiger partial charge in [0.15, 0.2) is 0 Å². The van der Waals surface area contributed by atoms with Gasteiger partial charge in [0.05, 0.1) is 15.9 Å². The summed E-state index contributed by atoms with van der Waals surface area (Å²) >= 11 is 1.65. The van der Waals surface area contributed by atoms with Gasteiger partial charge in [0.25, 0.3) is 5.91 Å². The largest absolute Gasteiger partial charge is 0.350 e. The van der Waals surface area contributed by atoms with Gasteiger partial charge in [0.1, 0.15) is 17.3 Å². The predicted octanol–water partition coefficient (Wildman–Crippen LogP) is 4.66. The Bertz CT molecular complexity index is 973. The average Bonchev–Trinajstić information content (AvgIpc) is 3.28. The number of aromatic nitrogens is 1. The van der Waals surface area contributed by atoms with E-state index in [2.05, 4.69) is 15.2 Å². The molecule has 0 radical (unpaired) electrons. The number of amides is 1. The number of carbonyl (C=O) groups excluding carboxylic acids is 1. The number of aromatic amines is 1. The van der Waals surface area contributed by atoms with Gasteiger partial charge in [0.2, 0.25) is 0 Å². The van der Waals surface area contributed by atoms with E-state index < -0.39 is 17.5 Å². The molecule has 0 unspecified atom stereocenters. The van der Waals surface area contributed by atoms with Crippen molar-refractivity contribution in [2.75, 3.05) is 18.4 Å². The first kappa shape index (κ1) is 17.2. The van der Waals surface area contributed by atoms with Crippen molar-refractivity contribution in [1.82, 2.24) is 9.88 Å². The highest BCUT2D eigenvalue weighted by Gasteiger charge is 2.23. The SMILES string of the molecule is Cc1cc2[nH]c(C(=O)Nc3ccc(F)cc3F)c(CN3CCCC3)c2s1. The molecular weight excluding hydrogens is 356 g/mol. The number of thiophene rings is 1. The Balaban J connectivity index is 1.67. The number of anilines is 1. The van der Waals surface area contributed by atoms with E-state index in [0.29, 0.717) is 12.2 Å². The molecule has 3 aromatic rings. The smallest absolute Gasteiger partial charge is 0.272 e. The van der Waals surface area contributed by atoms with Gasteiger partial charge < -0.3 is 10.3 Å². The second kappa shape index (κ2) is 6.81. The van der Waals surface area contributed by atoms with Crippen LogP contribution in [0.4, 0.5) is 14.5 Å². The number of carbonyl (C=O) groups is 1. The molecule has 3 heterocycles. The summed E-state index contributed by atoms with van der Waals surface area (Å²) in [5.41, 5.74) is 2.28. The van der Waals surface area contributed by atoms with Crippen LogP contribution in [0.15, 0.2) is 24.3 Å². The molecule has 1 aliphatic heterocycles. The van der Waals surface area contributed by atoms with Crippen molar-refractivity contribution in [2.45, 2.75) is 26.3 Å². The number of nitrogens with zero attached hydrogens (tertiary/aromatic N) is 1. The van der Waals surface area contributed by atoms with Gasteiger partial charge in [0, 0.05) is 23.1 Å². The van der Waals surface area contributed by atoms with Gasteiger partial charge in [-0.15, -0.1) is 11.3 Å². The molecule has 26 heavy (non-hydrogen) atoms. The highest BCUT2D eigenvalue weighted by molar-refractivity contribution is 7.19. The van der Waals surface area contributed by atoms with Crippen LogP contribution in [-0.2, 0) is 6.54 Å². The Labute approximate surface area is 153 Å². The third-order valence-electron chi connectivity index (χ3n) is 4.68. The lowest BCUT2D eigenvalue weighted by Crippen LogP contribution is -2.21. The van der Waals surface area contributed by atoms with Gasteiger partial charge in [-0.1, -0.05) is 0 Å². The van der Waals surface area contributed by atoms with Crippen LogP contribution in [0.3, 0.4) is 0 Å². The molecule has 1 aliphatic rings. The number of hydrogen-bond donors (Lipinski definition) is 2. The fourth-order valence-electron chi connectivity index (χ4n) is 3.44. The van der Waals surface area contributed by atoms with E-state index in [0.717, 1.165) is 41.0 Å². The van der Waals surface area contributed by atoms with Crippen LogP contribution < -0.4 is 5.32 Å². The third kappa shape index (κ3) is 3.24. The summed E-state index contributed by atoms with van der Waals surface area (Å²) in [6.07, 6.45) is 2.33. The lowest BCUT2D eigenvalue weighted by molar-refractivity contribution is 0.102. The molecule has 1 aromatic carbocycles. The lowest BCUT2D eigenvalue weighted by atomic mass is 10.2. The number of aryl methyl sites for hydroxylation is 1. The van der Waals surface area contributed by atoms with E-state index in [9.17, 15) is 13.6 Å². The van der Waals surface area contributed by atoms with Crippen LogP contribution in [0.25, 0.3) is 10.2 Å². The van der Waals surface area contributed by atoms with Gasteiger partial charge in [-0.25, -0.2) is 8.78 Å². The molecule has 4 nitrogen and oxygen atoms in total. The van der Waals surface area contributed by atoms with Crippen LogP contribution in [0, 0.1) is 18.6 Å². The van der Waals surface area contributed by atoms with Gasteiger partial charge in [-0.05, 0) is 51.1 Å². The van der Waals surface area contributed by atoms with Crippen molar-refractivity contribution in [2.24, 2.45) is 0 Å². The van der Waals surface area contributed by atoms with Crippen molar-refractivity contribution < 1.29 is 13.6 Å². The Morgan fingerprint density at radius 3 is 2.77 bits per heavy atom. The van der Waals surface area contributed by atoms with E-state index in [4.69, 9.17) is 0 Å². The highest BCUT2D eigenvalue weighted by Crippen LogP contribution is 2.32. The van der Waals surface area contributed by atoms with Crippen molar-refractivity contribution in [3.8, 4) is 0 Å². The predicted molar refractivity (Wildman–Crippen MR) is 99.7 cm³/mol. The standard InChI is InChI=1S/C19H19F2N3OS/c1-11-8-16-18(26-11)13(10-24-6-2-3-7-24)17(22-16)19(25)23-15-5-4-12(20)9-14(15)21/h4-5,8-9,22H,2-3,6-7,10H2,1H3,(H,23,25). The Morgan fingerprint density at radius 2 is 2.04 bits per heavy atom. The molecule has 0 spiro atoms. The summed E-state index contributed by atoms with van der Waals surface area (Å²) in [5, 5.41) is 2.56. The molecule has 0 saturated carbocycles. The number of halogens is 2. The van der Waals surface area contributed by atoms with Crippen LogP contribution >= 0.6 is 11.3 Å². The highest BCUT2D eigenvalue weighted by atomic mass is 32.1. The first-order valence-corrected chi connectivity index (χ1v) is 9.42. The van der Waals surface area contributed by atoms with Gasteiger partial charge in [-0.3, -0.25) is 9.69 Å². The van der Waals surface area contributed by atoms with Crippen molar-refractivity contribution in [3.63, 3.8) is 0 Å². The average molecular weight is 375 g/mol. The summed E-state index contributed by atoms with van der Waals surface area (Å²) < 4.78 is 28.0. The van der Waals surface area contributed by atoms with E-state index >= 15 is 0 Å². The second-order valence-electron chi connectivity index (χ2n) is 6.64. The van der Waals surface area contributed by atoms with E-state index in [1.54, 1.807) is 11.3 Å². The second-order valence-corrected chi connectivity index (χ2v) is 7.90. The minimum absolute atomic E-state index is 0.0299. The Morgan fingerprint density at radius 1 is 1.27 bits per heavy atom. The Kier molecular flexibility index (Phi) is 4.50. The van der Waals surface area contributed by atoms with Crippen molar-refractivity contribution in [3.05, 3.63) is 52.0 Å². The molecule has 1 amide bonds. The maximum absolute atomic E-state index is 13.9. The first-order chi connectivity index (χ1) is 12.5. The van der Waals surface area contributed by atoms with Crippen LogP contribution in [-0.4, -0.2) is 28.9 Å². The van der Waals surface area contributed by atoms with E-state index in [1.807, 2.05) is 13.0 Å². The minimum Gasteiger partial charge on any atom is -0.350 e. The van der Waals surface area contributed by atoms with Crippen molar-refractivity contribution >= 4 is 33.1 Å². The molecular formula is C19H19F2N3OS. The zero-order valence-electron chi connectivity index (χ0n) is 14.4. The zero-order valence-corrected chi connectivity index (χ0v) is 15.2. The number of benzene rings is 1. The van der Waals surface area contributed by atoms with E-state index in [1.165, 1.54) is 23.8 Å². The summed E-state index contributed by atoms with van der Waals surface area (Å²) in [4.78, 5) is 19.5. The molecule has 0 atom stereocenters. The zero-order chi connectivity index (χ0) is 18.3. The fourth-order valence-corrected chi connectivity index (χ4v) is 4.45. The summed E-state index contributed by atoms with van der Waals surface area (Å²) in [7, 11) is 0. The Hall–Kier alpha value is -2.25. The number of fused-ring (bicyclic) bond motifs is 1. The van der Waals surface area contributed by atoms with Gasteiger partial charge >= 0.3 is 0 Å². The molecule has 0 aliphatic carbocycles. The summed E-state index contributed by atoms with van der Waals surface area (Å²) in [6, 6.07) is 5.14. The van der Waals surface area contributed by atoms with Crippen molar-refractivity contribution in [1.29, 1.82) is 0 Å². The minimum atomic E-state index is -0.788.